The summed E-state index contributed by atoms with van der Waals surface area (Å²) in [5, 5.41) is 12.6. The van der Waals surface area contributed by atoms with Crippen LogP contribution in [0.15, 0.2) is 30.3 Å². The fourth-order valence-electron chi connectivity index (χ4n) is 2.65. The Labute approximate surface area is 132 Å². The highest BCUT2D eigenvalue weighted by Crippen LogP contribution is 2.38. The number of halogens is 1. The summed E-state index contributed by atoms with van der Waals surface area (Å²) in [4.78, 5) is 0. The van der Waals surface area contributed by atoms with Crippen LogP contribution in [0.5, 0.6) is 5.75 Å². The van der Waals surface area contributed by atoms with Crippen molar-refractivity contribution in [1.29, 1.82) is 0 Å². The minimum absolute atomic E-state index is 0.000367. The van der Waals surface area contributed by atoms with Crippen molar-refractivity contribution in [3.63, 3.8) is 0 Å². The molecule has 0 aliphatic carbocycles. The van der Waals surface area contributed by atoms with Crippen LogP contribution in [0.2, 0.25) is 19.6 Å². The summed E-state index contributed by atoms with van der Waals surface area (Å²) in [5.41, 5.74) is 1.96. The highest BCUT2D eigenvalue weighted by molar-refractivity contribution is 6.77. The fourth-order valence-corrected chi connectivity index (χ4v) is 4.65. The molecule has 2 nitrogen and oxygen atoms in total. The molecule has 2 aromatic rings. The molecule has 2 rings (SSSR count). The molecule has 4 heteroatoms. The zero-order valence-corrected chi connectivity index (χ0v) is 14.9. The van der Waals surface area contributed by atoms with Crippen molar-refractivity contribution in [2.75, 3.05) is 6.61 Å². The smallest absolute Gasteiger partial charge is 0.128 e. The standard InChI is InChI=1S/C17H23ClO2Si/c1-5-20-17(21(2,3)4)15-9-7-13-10-12(11-18)6-8-14(13)16(15)19/h6-10,17,19H,5,11H2,1-4H3. The summed E-state index contributed by atoms with van der Waals surface area (Å²) in [5.74, 6) is 0.823. The first kappa shape index (κ1) is 16.3. The normalized spacial score (nSPS) is 13.6. The quantitative estimate of drug-likeness (QED) is 0.602. The summed E-state index contributed by atoms with van der Waals surface area (Å²) in [7, 11) is -1.59. The molecule has 0 aliphatic rings. The van der Waals surface area contributed by atoms with Crippen LogP contribution in [-0.4, -0.2) is 19.8 Å². The van der Waals surface area contributed by atoms with E-state index in [1.54, 1.807) is 0 Å². The Morgan fingerprint density at radius 1 is 1.19 bits per heavy atom. The number of fused-ring (bicyclic) bond motifs is 1. The van der Waals surface area contributed by atoms with E-state index < -0.39 is 8.07 Å². The first-order valence-corrected chi connectivity index (χ1v) is 11.4. The molecule has 0 radical (unpaired) electrons. The number of rotatable bonds is 5. The van der Waals surface area contributed by atoms with E-state index in [1.165, 1.54) is 0 Å². The first-order chi connectivity index (χ1) is 9.88. The van der Waals surface area contributed by atoms with Gasteiger partial charge in [-0.15, -0.1) is 11.6 Å². The zero-order valence-electron chi connectivity index (χ0n) is 13.1. The second-order valence-electron chi connectivity index (χ2n) is 6.39. The van der Waals surface area contributed by atoms with Gasteiger partial charge in [-0.2, -0.15) is 0 Å². The number of ether oxygens (including phenoxy) is 1. The van der Waals surface area contributed by atoms with Crippen LogP contribution in [0.4, 0.5) is 0 Å². The van der Waals surface area contributed by atoms with Gasteiger partial charge in [0.15, 0.2) is 0 Å². The number of phenols is 1. The SMILES string of the molecule is CCOC(c1ccc2cc(CCl)ccc2c1O)[Si](C)(C)C. The van der Waals surface area contributed by atoms with E-state index in [2.05, 4.69) is 19.6 Å². The predicted octanol–water partition coefficient (Wildman–Crippen LogP) is 5.24. The second-order valence-corrected chi connectivity index (χ2v) is 11.9. The first-order valence-electron chi connectivity index (χ1n) is 7.30. The monoisotopic (exact) mass is 322 g/mol. The van der Waals surface area contributed by atoms with Crippen molar-refractivity contribution in [2.45, 2.75) is 38.2 Å². The number of phenolic OH excluding ortho intramolecular Hbond substituents is 1. The molecule has 1 N–H and O–H groups in total. The van der Waals surface area contributed by atoms with Crippen LogP contribution in [0.1, 0.15) is 23.8 Å². The summed E-state index contributed by atoms with van der Waals surface area (Å²) >= 11 is 5.87. The molecule has 0 spiro atoms. The zero-order chi connectivity index (χ0) is 15.6. The average molecular weight is 323 g/mol. The van der Waals surface area contributed by atoms with Gasteiger partial charge in [0.25, 0.3) is 0 Å². The van der Waals surface area contributed by atoms with Gasteiger partial charge in [-0.25, -0.2) is 0 Å². The molecule has 2 aromatic carbocycles. The molecular formula is C17H23ClO2Si. The van der Waals surface area contributed by atoms with E-state index in [4.69, 9.17) is 16.3 Å². The molecule has 0 aromatic heterocycles. The maximum Gasteiger partial charge on any atom is 0.128 e. The predicted molar refractivity (Wildman–Crippen MR) is 92.9 cm³/mol. The van der Waals surface area contributed by atoms with Crippen molar-refractivity contribution in [1.82, 2.24) is 0 Å². The van der Waals surface area contributed by atoms with Crippen LogP contribution in [-0.2, 0) is 10.6 Å². The molecule has 1 unspecified atom stereocenters. The van der Waals surface area contributed by atoms with Crippen molar-refractivity contribution in [3.05, 3.63) is 41.5 Å². The van der Waals surface area contributed by atoms with Crippen molar-refractivity contribution in [2.24, 2.45) is 0 Å². The van der Waals surface area contributed by atoms with Gasteiger partial charge in [-0.05, 0) is 23.9 Å². The third-order valence-corrected chi connectivity index (χ3v) is 6.00. The van der Waals surface area contributed by atoms with Gasteiger partial charge < -0.3 is 9.84 Å². The maximum absolute atomic E-state index is 10.7. The molecule has 0 fully saturated rings. The molecular weight excluding hydrogens is 300 g/mol. The van der Waals surface area contributed by atoms with Crippen molar-refractivity contribution >= 4 is 30.4 Å². The fraction of sp³-hybridized carbons (Fsp3) is 0.412. The Bertz CT molecular complexity index is 634. The van der Waals surface area contributed by atoms with Gasteiger partial charge >= 0.3 is 0 Å². The van der Waals surface area contributed by atoms with Crippen LogP contribution < -0.4 is 0 Å². The third kappa shape index (κ3) is 3.42. The second kappa shape index (κ2) is 6.38. The van der Waals surface area contributed by atoms with E-state index in [1.807, 2.05) is 37.3 Å². The van der Waals surface area contributed by atoms with Gasteiger partial charge in [0.05, 0.1) is 13.8 Å². The summed E-state index contributed by atoms with van der Waals surface area (Å²) in [6.45, 7) is 9.42. The molecule has 0 heterocycles. The van der Waals surface area contributed by atoms with Gasteiger partial charge in [0, 0.05) is 23.4 Å². The van der Waals surface area contributed by atoms with Crippen LogP contribution in [0.3, 0.4) is 0 Å². The van der Waals surface area contributed by atoms with Gasteiger partial charge in [0.1, 0.15) is 5.75 Å². The van der Waals surface area contributed by atoms with Crippen LogP contribution in [0, 0.1) is 0 Å². The average Bonchev–Trinajstić information content (AvgIpc) is 2.44. The molecule has 0 amide bonds. The van der Waals surface area contributed by atoms with E-state index in [-0.39, 0.29) is 5.73 Å². The van der Waals surface area contributed by atoms with Crippen molar-refractivity contribution < 1.29 is 9.84 Å². The molecule has 0 aliphatic heterocycles. The minimum atomic E-state index is -1.59. The Morgan fingerprint density at radius 3 is 2.48 bits per heavy atom. The minimum Gasteiger partial charge on any atom is -0.507 e. The number of hydrogen-bond acceptors (Lipinski definition) is 2. The number of alkyl halides is 1. The Kier molecular flexibility index (Phi) is 4.97. The highest BCUT2D eigenvalue weighted by atomic mass is 35.5. The van der Waals surface area contributed by atoms with Crippen molar-refractivity contribution in [3.8, 4) is 5.75 Å². The van der Waals surface area contributed by atoms with E-state index in [0.29, 0.717) is 18.2 Å². The molecule has 1 atom stereocenters. The van der Waals surface area contributed by atoms with E-state index in [9.17, 15) is 5.11 Å². The molecule has 114 valence electrons. The summed E-state index contributed by atoms with van der Waals surface area (Å²) < 4.78 is 5.95. The molecule has 0 saturated heterocycles. The molecule has 0 saturated carbocycles. The molecule has 21 heavy (non-hydrogen) atoms. The lowest BCUT2D eigenvalue weighted by molar-refractivity contribution is 0.110. The van der Waals surface area contributed by atoms with Gasteiger partial charge in [-0.1, -0.05) is 43.9 Å². The van der Waals surface area contributed by atoms with Crippen LogP contribution >= 0.6 is 11.6 Å². The third-order valence-electron chi connectivity index (χ3n) is 3.64. The Balaban J connectivity index is 2.57. The topological polar surface area (TPSA) is 29.5 Å². The van der Waals surface area contributed by atoms with E-state index >= 15 is 0 Å². The summed E-state index contributed by atoms with van der Waals surface area (Å²) in [6, 6.07) is 9.97. The van der Waals surface area contributed by atoms with Gasteiger partial charge in [0.2, 0.25) is 0 Å². The highest BCUT2D eigenvalue weighted by Gasteiger charge is 2.31. The lowest BCUT2D eigenvalue weighted by atomic mass is 10.0. The molecule has 0 bridgehead atoms. The van der Waals surface area contributed by atoms with E-state index in [0.717, 1.165) is 21.9 Å². The Hall–Kier alpha value is -1.03. The summed E-state index contributed by atoms with van der Waals surface area (Å²) in [6.07, 6.45) is 0. The number of hydrogen-bond donors (Lipinski definition) is 1. The van der Waals surface area contributed by atoms with Gasteiger partial charge in [-0.3, -0.25) is 0 Å². The van der Waals surface area contributed by atoms with Crippen LogP contribution in [0.25, 0.3) is 10.8 Å². The largest absolute Gasteiger partial charge is 0.507 e. The lowest BCUT2D eigenvalue weighted by Gasteiger charge is -2.30. The number of benzene rings is 2. The maximum atomic E-state index is 10.7. The number of aromatic hydroxyl groups is 1. The Morgan fingerprint density at radius 2 is 1.90 bits per heavy atom. The lowest BCUT2D eigenvalue weighted by Crippen LogP contribution is -2.33.